The van der Waals surface area contributed by atoms with E-state index >= 15 is 0 Å². The fraction of sp³-hybridized carbons (Fsp3) is 0. The molecule has 0 saturated heterocycles. The van der Waals surface area contributed by atoms with Crippen LogP contribution in [0.25, 0.3) is 66.1 Å². The molecule has 2 heteroatoms. The zero-order valence-electron chi connectivity index (χ0n) is 29.9. The third kappa shape index (κ3) is 4.83. The number of nitrogens with zero attached hydrogens (tertiary/aromatic N) is 1. The molecule has 0 radical (unpaired) electrons. The van der Waals surface area contributed by atoms with Crippen molar-refractivity contribution in [3.63, 3.8) is 0 Å². The highest BCUT2D eigenvalue weighted by molar-refractivity contribution is 6.19. The quantitative estimate of drug-likeness (QED) is 0.185. The Morgan fingerprint density at radius 1 is 0.417 bits per heavy atom. The van der Waals surface area contributed by atoms with Crippen molar-refractivity contribution >= 4 is 49.8 Å². The molecule has 8 aromatic carbocycles. The second kappa shape index (κ2) is 11.8. The molecular weight excluding hydrogens is 583 g/mol. The summed E-state index contributed by atoms with van der Waals surface area (Å²) in [7, 11) is 0. The molecule has 0 bridgehead atoms. The molecule has 48 heavy (non-hydrogen) atoms. The van der Waals surface area contributed by atoms with Crippen LogP contribution in [-0.4, -0.2) is 0 Å². The first-order valence-corrected chi connectivity index (χ1v) is 16.0. The Morgan fingerprint density at radius 3 is 1.85 bits per heavy atom. The van der Waals surface area contributed by atoms with Crippen molar-refractivity contribution < 1.29 is 9.90 Å². The SMILES string of the molecule is [2H]c1c([2H])c(N(c2ccc(-c3cccc4oc5c6ccccc6ccc5c34)cc2)c2ccccc2-c2ccccc2)c([2H])c([2H])c1-c1ccccc1. The molecule has 2 nitrogen and oxygen atoms in total. The Hall–Kier alpha value is -6.38. The van der Waals surface area contributed by atoms with E-state index in [9.17, 15) is 2.74 Å². The molecule has 226 valence electrons. The zero-order chi connectivity index (χ0) is 35.3. The maximum atomic E-state index is 9.37. The van der Waals surface area contributed by atoms with Crippen molar-refractivity contribution in [2.24, 2.45) is 0 Å². The predicted molar refractivity (Wildman–Crippen MR) is 202 cm³/mol. The van der Waals surface area contributed by atoms with Crippen LogP contribution in [-0.2, 0) is 0 Å². The first-order valence-electron chi connectivity index (χ1n) is 18.0. The van der Waals surface area contributed by atoms with E-state index in [1.165, 1.54) is 0 Å². The van der Waals surface area contributed by atoms with Crippen LogP contribution in [0.3, 0.4) is 0 Å². The molecular formula is C46H31NO. The van der Waals surface area contributed by atoms with Gasteiger partial charge in [-0.25, -0.2) is 0 Å². The summed E-state index contributed by atoms with van der Waals surface area (Å²) in [4.78, 5) is 1.86. The molecule has 0 N–H and O–H groups in total. The molecule has 0 aliphatic carbocycles. The molecule has 9 aromatic rings. The summed E-state index contributed by atoms with van der Waals surface area (Å²) in [5, 5.41) is 4.29. The average Bonchev–Trinajstić information content (AvgIpc) is 3.60. The van der Waals surface area contributed by atoms with E-state index < -0.39 is 0 Å². The standard InChI is InChI=1S/C46H31NO/c1-3-12-32(13-4-1)33-22-27-37(28-23-33)47(43-20-10-9-17-39(43)34-14-5-2-6-15-34)38-29-24-36(25-30-38)40-19-11-21-44-45(40)42-31-26-35-16-7-8-18-41(35)46(42)48-44/h1-31H/i22D,23D,27D,28D. The van der Waals surface area contributed by atoms with Gasteiger partial charge in [-0.2, -0.15) is 0 Å². The number of furan rings is 1. The molecule has 1 heterocycles. The van der Waals surface area contributed by atoms with E-state index in [1.54, 1.807) is 0 Å². The number of hydrogen-bond donors (Lipinski definition) is 0. The van der Waals surface area contributed by atoms with Gasteiger partial charge < -0.3 is 9.32 Å². The molecule has 9 rings (SSSR count). The van der Waals surface area contributed by atoms with Gasteiger partial charge in [0.05, 0.1) is 11.2 Å². The van der Waals surface area contributed by atoms with Crippen molar-refractivity contribution in [1.82, 2.24) is 0 Å². The van der Waals surface area contributed by atoms with Gasteiger partial charge in [0, 0.05) is 33.1 Å². The van der Waals surface area contributed by atoms with Gasteiger partial charge in [-0.1, -0.05) is 146 Å². The van der Waals surface area contributed by atoms with E-state index in [1.807, 2.05) is 126 Å². The van der Waals surface area contributed by atoms with Crippen LogP contribution in [0.1, 0.15) is 5.48 Å². The van der Waals surface area contributed by atoms with Crippen LogP contribution in [0.15, 0.2) is 192 Å². The lowest BCUT2D eigenvalue weighted by Gasteiger charge is -2.28. The van der Waals surface area contributed by atoms with Crippen LogP contribution < -0.4 is 4.90 Å². The largest absolute Gasteiger partial charge is 0.455 e. The monoisotopic (exact) mass is 617 g/mol. The van der Waals surface area contributed by atoms with Crippen molar-refractivity contribution in [2.75, 3.05) is 4.90 Å². The summed E-state index contributed by atoms with van der Waals surface area (Å²) in [5.41, 5.74) is 8.11. The minimum atomic E-state index is -0.117. The normalized spacial score (nSPS) is 12.5. The Morgan fingerprint density at radius 2 is 1.06 bits per heavy atom. The summed E-state index contributed by atoms with van der Waals surface area (Å²) < 4.78 is 43.5. The maximum absolute atomic E-state index is 9.37. The van der Waals surface area contributed by atoms with Gasteiger partial charge in [-0.3, -0.25) is 0 Å². The summed E-state index contributed by atoms with van der Waals surface area (Å²) in [5.74, 6) is 0. The minimum Gasteiger partial charge on any atom is -0.455 e. The molecule has 0 aliphatic heterocycles. The molecule has 1 aromatic heterocycles. The Balaban J connectivity index is 1.25. The maximum Gasteiger partial charge on any atom is 0.143 e. The molecule has 0 saturated carbocycles. The van der Waals surface area contributed by atoms with E-state index in [4.69, 9.17) is 7.16 Å². The van der Waals surface area contributed by atoms with E-state index in [0.29, 0.717) is 11.3 Å². The first kappa shape index (κ1) is 23.9. The summed E-state index contributed by atoms with van der Waals surface area (Å²) in [6, 6.07) is 53.4. The van der Waals surface area contributed by atoms with Crippen LogP contribution in [0.4, 0.5) is 17.1 Å². The number of para-hydroxylation sites is 1. The van der Waals surface area contributed by atoms with Crippen molar-refractivity contribution in [1.29, 1.82) is 0 Å². The van der Waals surface area contributed by atoms with Gasteiger partial charge in [0.25, 0.3) is 0 Å². The molecule has 0 amide bonds. The van der Waals surface area contributed by atoms with Crippen molar-refractivity contribution in [3.05, 3.63) is 188 Å². The van der Waals surface area contributed by atoms with Crippen LogP contribution >= 0.6 is 0 Å². The number of fused-ring (bicyclic) bond motifs is 5. The second-order valence-electron chi connectivity index (χ2n) is 11.8. The lowest BCUT2D eigenvalue weighted by molar-refractivity contribution is 0.673. The Bertz CT molecular complexity index is 2750. The number of rotatable bonds is 6. The van der Waals surface area contributed by atoms with Gasteiger partial charge in [0.15, 0.2) is 0 Å². The first-order chi connectivity index (χ1) is 25.5. The molecule has 0 atom stereocenters. The second-order valence-corrected chi connectivity index (χ2v) is 11.8. The molecule has 0 aliphatic rings. The topological polar surface area (TPSA) is 16.4 Å². The van der Waals surface area contributed by atoms with Gasteiger partial charge in [-0.15, -0.1) is 0 Å². The van der Waals surface area contributed by atoms with E-state index in [0.717, 1.165) is 60.7 Å². The van der Waals surface area contributed by atoms with E-state index in [2.05, 4.69) is 42.5 Å². The van der Waals surface area contributed by atoms with Crippen LogP contribution in [0.2, 0.25) is 0 Å². The predicted octanol–water partition coefficient (Wildman–Crippen LogP) is 13.2. The highest BCUT2D eigenvalue weighted by Crippen LogP contribution is 2.43. The van der Waals surface area contributed by atoms with Gasteiger partial charge in [-0.05, 0) is 75.6 Å². The average molecular weight is 618 g/mol. The highest BCUT2D eigenvalue weighted by Gasteiger charge is 2.19. The molecule has 0 unspecified atom stereocenters. The van der Waals surface area contributed by atoms with E-state index in [-0.39, 0.29) is 35.4 Å². The number of benzene rings is 8. The molecule has 0 spiro atoms. The Labute approximate surface area is 285 Å². The van der Waals surface area contributed by atoms with Gasteiger partial charge in [0.1, 0.15) is 11.2 Å². The van der Waals surface area contributed by atoms with Gasteiger partial charge >= 0.3 is 0 Å². The van der Waals surface area contributed by atoms with Crippen LogP contribution in [0.5, 0.6) is 0 Å². The van der Waals surface area contributed by atoms with Crippen LogP contribution in [0, 0.1) is 0 Å². The summed E-state index contributed by atoms with van der Waals surface area (Å²) in [6.45, 7) is 0. The lowest BCUT2D eigenvalue weighted by Crippen LogP contribution is -2.11. The van der Waals surface area contributed by atoms with Crippen molar-refractivity contribution in [3.8, 4) is 33.4 Å². The highest BCUT2D eigenvalue weighted by atomic mass is 16.3. The third-order valence-electron chi connectivity index (χ3n) is 8.95. The lowest BCUT2D eigenvalue weighted by atomic mass is 9.97. The van der Waals surface area contributed by atoms with Crippen molar-refractivity contribution in [2.45, 2.75) is 0 Å². The van der Waals surface area contributed by atoms with Gasteiger partial charge in [0.2, 0.25) is 0 Å². The fourth-order valence-corrected chi connectivity index (χ4v) is 6.67. The third-order valence-corrected chi connectivity index (χ3v) is 8.95. The smallest absolute Gasteiger partial charge is 0.143 e. The summed E-state index contributed by atoms with van der Waals surface area (Å²) in [6.07, 6.45) is 0. The molecule has 0 fully saturated rings. The number of hydrogen-bond acceptors (Lipinski definition) is 2. The minimum absolute atomic E-state index is 0.0907. The Kier molecular flexibility index (Phi) is 5.85. The fourth-order valence-electron chi connectivity index (χ4n) is 6.67. The zero-order valence-corrected chi connectivity index (χ0v) is 25.9. The number of anilines is 3. The summed E-state index contributed by atoms with van der Waals surface area (Å²) >= 11 is 0.